The van der Waals surface area contributed by atoms with Gasteiger partial charge in [0.25, 0.3) is 0 Å². The van der Waals surface area contributed by atoms with E-state index in [1.165, 1.54) is 31.2 Å². The first-order valence-electron chi connectivity index (χ1n) is 12.3. The second-order valence-electron chi connectivity index (χ2n) is 8.89. The number of unbranched alkanes of at least 4 members (excludes halogenated alkanes) is 3. The number of hydrogen-bond acceptors (Lipinski definition) is 6. The molecular weight excluding hydrogens is 390 g/mol. The zero-order valence-corrected chi connectivity index (χ0v) is 19.1. The number of hydrogen-bond donors (Lipinski definition) is 0. The van der Waals surface area contributed by atoms with Crippen molar-refractivity contribution >= 4 is 5.90 Å². The fourth-order valence-corrected chi connectivity index (χ4v) is 4.89. The van der Waals surface area contributed by atoms with Crippen LogP contribution in [-0.2, 0) is 20.6 Å². The van der Waals surface area contributed by atoms with Gasteiger partial charge in [0.2, 0.25) is 5.90 Å². The highest BCUT2D eigenvalue weighted by Gasteiger charge is 2.40. The van der Waals surface area contributed by atoms with E-state index >= 15 is 0 Å². The first-order chi connectivity index (χ1) is 15.3. The van der Waals surface area contributed by atoms with E-state index in [0.29, 0.717) is 0 Å². The van der Waals surface area contributed by atoms with Gasteiger partial charge in [0, 0.05) is 26.2 Å². The van der Waals surface area contributed by atoms with Crippen LogP contribution >= 0.6 is 0 Å². The fraction of sp³-hybridized carbons (Fsp3) is 0.720. The summed E-state index contributed by atoms with van der Waals surface area (Å²) < 4.78 is 17.9. The third kappa shape index (κ3) is 6.28. The van der Waals surface area contributed by atoms with E-state index in [1.807, 2.05) is 0 Å². The van der Waals surface area contributed by atoms with Crippen molar-refractivity contribution < 1.29 is 14.2 Å². The summed E-state index contributed by atoms with van der Waals surface area (Å²) in [5.41, 5.74) is 1.32. The van der Waals surface area contributed by atoms with Gasteiger partial charge in [-0.1, -0.05) is 62.9 Å². The van der Waals surface area contributed by atoms with Gasteiger partial charge in [0.15, 0.2) is 6.23 Å². The maximum atomic E-state index is 6.70. The van der Waals surface area contributed by atoms with Crippen LogP contribution in [0.25, 0.3) is 0 Å². The lowest BCUT2D eigenvalue weighted by molar-refractivity contribution is -0.0550. The van der Waals surface area contributed by atoms with E-state index in [1.54, 1.807) is 0 Å². The molecule has 6 nitrogen and oxygen atoms in total. The first kappa shape index (κ1) is 22.7. The molecule has 0 aliphatic carbocycles. The molecule has 3 heterocycles. The standard InChI is InChI=1S/C25H39N3O3/c1-2-3-4-8-11-23(27-12-16-29-17-13-27)24-26-22(20-21-9-6-5-7-10-21)25(31-24)28-14-18-30-19-15-28/h5-7,9-10,22-23,25H,2-4,8,11-20H2,1H3. The van der Waals surface area contributed by atoms with E-state index < -0.39 is 0 Å². The Morgan fingerprint density at radius 3 is 2.35 bits per heavy atom. The summed E-state index contributed by atoms with van der Waals surface area (Å²) in [6.45, 7) is 9.19. The molecule has 3 atom stereocenters. The molecule has 1 aromatic carbocycles. The summed E-state index contributed by atoms with van der Waals surface area (Å²) in [7, 11) is 0. The number of benzene rings is 1. The fourth-order valence-electron chi connectivity index (χ4n) is 4.89. The molecule has 2 saturated heterocycles. The van der Waals surface area contributed by atoms with Crippen LogP contribution in [0.15, 0.2) is 35.3 Å². The SMILES string of the molecule is CCCCCCC(C1=NC(Cc2ccccc2)C(N2CCOCC2)O1)N1CCOCC1. The molecule has 172 valence electrons. The van der Waals surface area contributed by atoms with Crippen LogP contribution in [0.2, 0.25) is 0 Å². The maximum absolute atomic E-state index is 6.70. The second kappa shape index (κ2) is 12.0. The average Bonchev–Trinajstić information content (AvgIpc) is 3.24. The lowest BCUT2D eigenvalue weighted by atomic mass is 10.0. The van der Waals surface area contributed by atoms with Crippen LogP contribution in [0.1, 0.15) is 44.6 Å². The Morgan fingerprint density at radius 1 is 0.935 bits per heavy atom. The lowest BCUT2D eigenvalue weighted by Gasteiger charge is -2.36. The first-order valence-corrected chi connectivity index (χ1v) is 12.3. The van der Waals surface area contributed by atoms with Crippen molar-refractivity contribution in [3.63, 3.8) is 0 Å². The lowest BCUT2D eigenvalue weighted by Crippen LogP contribution is -2.51. The van der Waals surface area contributed by atoms with Gasteiger partial charge < -0.3 is 14.2 Å². The van der Waals surface area contributed by atoms with Gasteiger partial charge in [-0.25, -0.2) is 4.99 Å². The molecule has 1 aromatic rings. The van der Waals surface area contributed by atoms with Crippen molar-refractivity contribution in [2.75, 3.05) is 52.6 Å². The molecule has 0 radical (unpaired) electrons. The topological polar surface area (TPSA) is 46.5 Å². The molecule has 0 aromatic heterocycles. The molecule has 0 bridgehead atoms. The smallest absolute Gasteiger partial charge is 0.203 e. The molecule has 0 spiro atoms. The van der Waals surface area contributed by atoms with Gasteiger partial charge in [-0.05, 0) is 18.4 Å². The van der Waals surface area contributed by atoms with Crippen LogP contribution in [0.5, 0.6) is 0 Å². The maximum Gasteiger partial charge on any atom is 0.203 e. The monoisotopic (exact) mass is 429 g/mol. The van der Waals surface area contributed by atoms with Crippen LogP contribution in [-0.4, -0.2) is 86.6 Å². The molecular formula is C25H39N3O3. The molecule has 6 heteroatoms. The van der Waals surface area contributed by atoms with Gasteiger partial charge in [0.05, 0.1) is 32.5 Å². The Hall–Kier alpha value is -1.47. The van der Waals surface area contributed by atoms with Gasteiger partial charge in [0.1, 0.15) is 6.04 Å². The van der Waals surface area contributed by atoms with E-state index in [0.717, 1.165) is 71.3 Å². The molecule has 31 heavy (non-hydrogen) atoms. The van der Waals surface area contributed by atoms with E-state index in [-0.39, 0.29) is 18.3 Å². The van der Waals surface area contributed by atoms with Crippen molar-refractivity contribution in [3.8, 4) is 0 Å². The summed E-state index contributed by atoms with van der Waals surface area (Å²) in [6.07, 6.45) is 7.12. The highest BCUT2D eigenvalue weighted by atomic mass is 16.5. The summed E-state index contributed by atoms with van der Waals surface area (Å²) >= 11 is 0. The van der Waals surface area contributed by atoms with Gasteiger partial charge >= 0.3 is 0 Å². The zero-order valence-electron chi connectivity index (χ0n) is 19.1. The highest BCUT2D eigenvalue weighted by molar-refractivity contribution is 5.83. The minimum absolute atomic E-state index is 0.0123. The van der Waals surface area contributed by atoms with Crippen molar-refractivity contribution in [1.29, 1.82) is 0 Å². The molecule has 3 aliphatic heterocycles. The number of morpholine rings is 2. The Bertz CT molecular complexity index is 672. The van der Waals surface area contributed by atoms with Crippen LogP contribution in [0.3, 0.4) is 0 Å². The van der Waals surface area contributed by atoms with E-state index in [2.05, 4.69) is 47.1 Å². The third-order valence-electron chi connectivity index (χ3n) is 6.66. The Labute approximate surface area is 187 Å². The molecule has 3 unspecified atom stereocenters. The van der Waals surface area contributed by atoms with E-state index in [4.69, 9.17) is 19.2 Å². The van der Waals surface area contributed by atoms with Gasteiger partial charge in [-0.3, -0.25) is 9.80 Å². The van der Waals surface area contributed by atoms with Crippen molar-refractivity contribution in [2.45, 2.75) is 63.8 Å². The largest absolute Gasteiger partial charge is 0.458 e. The predicted octanol–water partition coefficient (Wildman–Crippen LogP) is 3.36. The van der Waals surface area contributed by atoms with Crippen molar-refractivity contribution in [2.24, 2.45) is 4.99 Å². The Kier molecular flexibility index (Phi) is 8.76. The van der Waals surface area contributed by atoms with Crippen molar-refractivity contribution in [3.05, 3.63) is 35.9 Å². The minimum Gasteiger partial charge on any atom is -0.458 e. The van der Waals surface area contributed by atoms with Crippen molar-refractivity contribution in [1.82, 2.24) is 9.80 Å². The molecule has 0 saturated carbocycles. The van der Waals surface area contributed by atoms with Crippen LogP contribution in [0, 0.1) is 0 Å². The zero-order chi connectivity index (χ0) is 21.3. The number of rotatable bonds is 10. The highest BCUT2D eigenvalue weighted by Crippen LogP contribution is 2.27. The number of aliphatic imine (C=N–C) groups is 1. The normalized spacial score (nSPS) is 26.4. The number of nitrogens with zero attached hydrogens (tertiary/aromatic N) is 3. The molecule has 2 fully saturated rings. The molecule has 3 aliphatic rings. The second-order valence-corrected chi connectivity index (χ2v) is 8.89. The van der Waals surface area contributed by atoms with Gasteiger partial charge in [-0.15, -0.1) is 0 Å². The molecule has 0 amide bonds. The third-order valence-corrected chi connectivity index (χ3v) is 6.66. The number of ether oxygens (including phenoxy) is 3. The predicted molar refractivity (Wildman–Crippen MR) is 124 cm³/mol. The van der Waals surface area contributed by atoms with Gasteiger partial charge in [-0.2, -0.15) is 0 Å². The van der Waals surface area contributed by atoms with Crippen LogP contribution in [0.4, 0.5) is 0 Å². The summed E-state index contributed by atoms with van der Waals surface area (Å²) in [4.78, 5) is 10.2. The Morgan fingerprint density at radius 2 is 1.65 bits per heavy atom. The van der Waals surface area contributed by atoms with Crippen LogP contribution < -0.4 is 0 Å². The summed E-state index contributed by atoms with van der Waals surface area (Å²) in [6, 6.07) is 11.1. The molecule has 0 N–H and O–H groups in total. The summed E-state index contributed by atoms with van der Waals surface area (Å²) in [5.74, 6) is 0.954. The Balaban J connectivity index is 1.51. The summed E-state index contributed by atoms with van der Waals surface area (Å²) in [5, 5.41) is 0. The van der Waals surface area contributed by atoms with E-state index in [9.17, 15) is 0 Å². The minimum atomic E-state index is 0.0123. The average molecular weight is 430 g/mol. The molecule has 4 rings (SSSR count). The quantitative estimate of drug-likeness (QED) is 0.534.